The molecule has 0 unspecified atom stereocenters. The number of esters is 2. The number of hydrogen-bond acceptors (Lipinski definition) is 6. The summed E-state index contributed by atoms with van der Waals surface area (Å²) in [5.41, 5.74) is 5.00. The van der Waals surface area contributed by atoms with Crippen LogP contribution in [0.1, 0.15) is 13.8 Å². The number of nitrogens with two attached hydrogens (primary N) is 1. The van der Waals surface area contributed by atoms with Gasteiger partial charge in [-0.05, 0) is 13.8 Å². The highest BCUT2D eigenvalue weighted by molar-refractivity contribution is 5.78. The smallest absolute Gasteiger partial charge is 0.468 e. The van der Waals surface area contributed by atoms with Crippen molar-refractivity contribution in [3.63, 3.8) is 0 Å². The van der Waals surface area contributed by atoms with E-state index in [9.17, 15) is 22.8 Å². The van der Waals surface area contributed by atoms with Crippen LogP contribution in [-0.4, -0.2) is 51.1 Å². The third-order valence-corrected chi connectivity index (χ3v) is 1.54. The van der Waals surface area contributed by atoms with Crippen molar-refractivity contribution in [3.05, 3.63) is 0 Å². The van der Waals surface area contributed by atoms with Crippen molar-refractivity contribution in [2.75, 3.05) is 26.9 Å². The van der Waals surface area contributed by atoms with Gasteiger partial charge in [0.2, 0.25) is 0 Å². The van der Waals surface area contributed by atoms with Gasteiger partial charge in [0.05, 0.1) is 7.11 Å². The van der Waals surface area contributed by atoms with Gasteiger partial charge in [-0.25, -0.2) is 4.79 Å². The van der Waals surface area contributed by atoms with Crippen LogP contribution in [0.2, 0.25) is 0 Å². The zero-order valence-electron chi connectivity index (χ0n) is 11.0. The van der Waals surface area contributed by atoms with Crippen LogP contribution in [0.5, 0.6) is 0 Å². The molecule has 1 atom stereocenters. The van der Waals surface area contributed by atoms with E-state index in [4.69, 9.17) is 10.5 Å². The summed E-state index contributed by atoms with van der Waals surface area (Å²) >= 11 is 0. The molecule has 0 bridgehead atoms. The van der Waals surface area contributed by atoms with Crippen LogP contribution in [0.3, 0.4) is 0 Å². The molecule has 19 heavy (non-hydrogen) atoms. The zero-order valence-corrected chi connectivity index (χ0v) is 11.0. The zero-order chi connectivity index (χ0) is 15.5. The molecule has 0 amide bonds. The van der Waals surface area contributed by atoms with Crippen LogP contribution in [-0.2, 0) is 23.8 Å². The van der Waals surface area contributed by atoms with Gasteiger partial charge in [0.25, 0.3) is 0 Å². The van der Waals surface area contributed by atoms with Crippen molar-refractivity contribution in [2.24, 2.45) is 5.73 Å². The van der Waals surface area contributed by atoms with Crippen LogP contribution in [0.15, 0.2) is 0 Å². The summed E-state index contributed by atoms with van der Waals surface area (Å²) in [4.78, 5) is 20.7. The predicted octanol–water partition coefficient (Wildman–Crippen LogP) is 0.635. The third kappa shape index (κ3) is 11.5. The highest BCUT2D eigenvalue weighted by atomic mass is 19.4. The number of ether oxygens (including phenoxy) is 3. The van der Waals surface area contributed by atoms with Crippen LogP contribution < -0.4 is 5.73 Å². The van der Waals surface area contributed by atoms with Gasteiger partial charge in [-0.15, -0.1) is 0 Å². The average Bonchev–Trinajstić information content (AvgIpc) is 2.35. The molecule has 0 aromatic carbocycles. The lowest BCUT2D eigenvalue weighted by atomic mass is 10.3. The van der Waals surface area contributed by atoms with E-state index in [1.165, 1.54) is 0 Å². The van der Waals surface area contributed by atoms with Crippen molar-refractivity contribution in [1.82, 2.24) is 0 Å². The van der Waals surface area contributed by atoms with E-state index >= 15 is 0 Å². The summed E-state index contributed by atoms with van der Waals surface area (Å²) in [6.45, 7) is 4.80. The van der Waals surface area contributed by atoms with Crippen LogP contribution >= 0.6 is 0 Å². The molecule has 0 rings (SSSR count). The fourth-order valence-electron chi connectivity index (χ4n) is 0.671. The number of methoxy groups -OCH3 is 1. The molecule has 0 fully saturated rings. The Morgan fingerprint density at radius 2 is 1.68 bits per heavy atom. The molecule has 0 aliphatic heterocycles. The second-order valence-corrected chi connectivity index (χ2v) is 3.01. The maximum absolute atomic E-state index is 11.6. The number of hydrogen-bond donors (Lipinski definition) is 1. The Labute approximate surface area is 109 Å². The topological polar surface area (TPSA) is 87.8 Å². The fourth-order valence-corrected chi connectivity index (χ4v) is 0.671. The van der Waals surface area contributed by atoms with Crippen LogP contribution in [0.25, 0.3) is 0 Å². The molecule has 0 saturated carbocycles. The van der Waals surface area contributed by atoms with Gasteiger partial charge in [-0.1, -0.05) is 0 Å². The second kappa shape index (κ2) is 10.6. The summed E-state index contributed by atoms with van der Waals surface area (Å²) in [5.74, 6) is -3.35. The Hall–Kier alpha value is -1.35. The number of alkyl halides is 3. The SMILES string of the molecule is CCOCC.COC(=O)[C@H](N)COC(=O)C(F)(F)F. The Balaban J connectivity index is 0. The Morgan fingerprint density at radius 1 is 1.21 bits per heavy atom. The maximum Gasteiger partial charge on any atom is 0.490 e. The van der Waals surface area contributed by atoms with Gasteiger partial charge in [0, 0.05) is 13.2 Å². The van der Waals surface area contributed by atoms with E-state index in [0.717, 1.165) is 20.3 Å². The van der Waals surface area contributed by atoms with E-state index in [1.807, 2.05) is 13.8 Å². The van der Waals surface area contributed by atoms with Gasteiger partial charge in [0.1, 0.15) is 12.6 Å². The standard InChI is InChI=1S/C6H8F3NO4.C4H10O/c1-13-4(11)3(10)2-14-5(12)6(7,8)9;1-3-5-4-2/h3H,2,10H2,1H3;3-4H2,1-2H3/t3-;/m1./s1. The molecule has 0 heterocycles. The van der Waals surface area contributed by atoms with Crippen molar-refractivity contribution >= 4 is 11.9 Å². The number of halogens is 3. The van der Waals surface area contributed by atoms with Crippen molar-refractivity contribution in [3.8, 4) is 0 Å². The third-order valence-electron chi connectivity index (χ3n) is 1.54. The lowest BCUT2D eigenvalue weighted by Gasteiger charge is -2.10. The Morgan fingerprint density at radius 3 is 1.95 bits per heavy atom. The largest absolute Gasteiger partial charge is 0.490 e. The van der Waals surface area contributed by atoms with E-state index in [1.54, 1.807) is 0 Å². The van der Waals surface area contributed by atoms with Gasteiger partial charge in [-0.3, -0.25) is 4.79 Å². The average molecular weight is 289 g/mol. The molecule has 0 aromatic rings. The number of carbonyl (C=O) groups excluding carboxylic acids is 2. The summed E-state index contributed by atoms with van der Waals surface area (Å²) in [7, 11) is 1.01. The maximum atomic E-state index is 11.6. The Kier molecular flexibility index (Phi) is 11.1. The summed E-state index contributed by atoms with van der Waals surface area (Å²) in [6, 6.07) is -1.41. The summed E-state index contributed by atoms with van der Waals surface area (Å²) in [6.07, 6.45) is -5.09. The quantitative estimate of drug-likeness (QED) is 0.747. The van der Waals surface area contributed by atoms with E-state index in [0.29, 0.717) is 0 Å². The molecule has 0 aliphatic carbocycles. The molecule has 9 heteroatoms. The molecule has 0 radical (unpaired) electrons. The van der Waals surface area contributed by atoms with Crippen LogP contribution in [0.4, 0.5) is 13.2 Å². The van der Waals surface area contributed by atoms with E-state index in [2.05, 4.69) is 9.47 Å². The first-order valence-corrected chi connectivity index (χ1v) is 5.35. The second-order valence-electron chi connectivity index (χ2n) is 3.01. The lowest BCUT2D eigenvalue weighted by Crippen LogP contribution is -2.38. The van der Waals surface area contributed by atoms with E-state index in [-0.39, 0.29) is 0 Å². The molecule has 0 aromatic heterocycles. The van der Waals surface area contributed by atoms with Gasteiger partial charge >= 0.3 is 18.1 Å². The van der Waals surface area contributed by atoms with Crippen molar-refractivity contribution < 1.29 is 37.0 Å². The normalized spacial score (nSPS) is 11.9. The molecular formula is C10H18F3NO5. The Bertz CT molecular complexity index is 268. The first-order chi connectivity index (χ1) is 8.70. The minimum Gasteiger partial charge on any atom is -0.468 e. The number of carbonyl (C=O) groups is 2. The molecule has 0 aliphatic rings. The molecule has 0 saturated heterocycles. The lowest BCUT2D eigenvalue weighted by molar-refractivity contribution is -0.200. The highest BCUT2D eigenvalue weighted by Gasteiger charge is 2.41. The minimum atomic E-state index is -5.09. The summed E-state index contributed by atoms with van der Waals surface area (Å²) in [5, 5.41) is 0. The molecule has 6 nitrogen and oxygen atoms in total. The van der Waals surface area contributed by atoms with Gasteiger partial charge < -0.3 is 19.9 Å². The molecular weight excluding hydrogens is 271 g/mol. The monoisotopic (exact) mass is 289 g/mol. The van der Waals surface area contributed by atoms with E-state index < -0.39 is 30.8 Å². The van der Waals surface area contributed by atoms with Crippen LogP contribution in [0, 0.1) is 0 Å². The highest BCUT2D eigenvalue weighted by Crippen LogP contribution is 2.16. The molecule has 114 valence electrons. The van der Waals surface area contributed by atoms with Gasteiger partial charge in [-0.2, -0.15) is 13.2 Å². The van der Waals surface area contributed by atoms with Crippen molar-refractivity contribution in [2.45, 2.75) is 26.1 Å². The fraction of sp³-hybridized carbons (Fsp3) is 0.800. The predicted molar refractivity (Wildman–Crippen MR) is 59.2 cm³/mol. The minimum absolute atomic E-state index is 0.844. The number of rotatable bonds is 5. The van der Waals surface area contributed by atoms with Crippen molar-refractivity contribution in [1.29, 1.82) is 0 Å². The molecule has 0 spiro atoms. The first kappa shape index (κ1) is 20.0. The first-order valence-electron chi connectivity index (χ1n) is 5.35. The summed E-state index contributed by atoms with van der Waals surface area (Å²) < 4.78 is 47.3. The molecule has 2 N–H and O–H groups in total. The van der Waals surface area contributed by atoms with Gasteiger partial charge in [0.15, 0.2) is 0 Å².